The Morgan fingerprint density at radius 2 is 2.05 bits per heavy atom. The van der Waals surface area contributed by atoms with E-state index in [0.29, 0.717) is 29.9 Å². The third-order valence-electron chi connectivity index (χ3n) is 2.65. The fourth-order valence-corrected chi connectivity index (χ4v) is 1.68. The van der Waals surface area contributed by atoms with Crippen LogP contribution >= 0.6 is 0 Å². The van der Waals surface area contributed by atoms with Crippen molar-refractivity contribution in [2.45, 2.75) is 33.7 Å². The van der Waals surface area contributed by atoms with Crippen molar-refractivity contribution in [2.24, 2.45) is 5.92 Å². The zero-order chi connectivity index (χ0) is 16.0. The predicted molar refractivity (Wildman–Crippen MR) is 85.5 cm³/mol. The van der Waals surface area contributed by atoms with Gasteiger partial charge < -0.3 is 20.7 Å². The fraction of sp³-hybridized carbons (Fsp3) is 0.600. The van der Waals surface area contributed by atoms with Gasteiger partial charge in [0, 0.05) is 13.1 Å². The van der Waals surface area contributed by atoms with Gasteiger partial charge in [0.05, 0.1) is 18.8 Å². The standard InChI is InChI=1S/C15H26N4O2/c1-10(2)9-21-15-12(16)6-7-13(18-15)19(5)8-14(20)17-11(3)4/h6-7,10-11H,8-9,16H2,1-5H3,(H,17,20). The molecule has 1 rings (SSSR count). The third-order valence-corrected chi connectivity index (χ3v) is 2.65. The molecule has 1 heterocycles. The Balaban J connectivity index is 2.73. The maximum atomic E-state index is 11.8. The normalized spacial score (nSPS) is 10.8. The summed E-state index contributed by atoms with van der Waals surface area (Å²) in [5.74, 6) is 1.42. The summed E-state index contributed by atoms with van der Waals surface area (Å²) in [7, 11) is 1.81. The first-order chi connectivity index (χ1) is 9.79. The predicted octanol–water partition coefficient (Wildman–Crippen LogP) is 1.66. The lowest BCUT2D eigenvalue weighted by Gasteiger charge is -2.20. The van der Waals surface area contributed by atoms with Gasteiger partial charge in [-0.3, -0.25) is 4.79 Å². The molecule has 0 unspecified atom stereocenters. The van der Waals surface area contributed by atoms with Gasteiger partial charge in [-0.1, -0.05) is 13.8 Å². The molecule has 0 saturated carbocycles. The van der Waals surface area contributed by atoms with Crippen LogP contribution in [0.1, 0.15) is 27.7 Å². The molecular formula is C15H26N4O2. The first-order valence-corrected chi connectivity index (χ1v) is 7.19. The van der Waals surface area contributed by atoms with Gasteiger partial charge in [-0.2, -0.15) is 4.98 Å². The van der Waals surface area contributed by atoms with E-state index in [0.717, 1.165) is 0 Å². The Labute approximate surface area is 126 Å². The first-order valence-electron chi connectivity index (χ1n) is 7.19. The van der Waals surface area contributed by atoms with Gasteiger partial charge in [-0.15, -0.1) is 0 Å². The number of nitrogens with zero attached hydrogens (tertiary/aromatic N) is 2. The maximum Gasteiger partial charge on any atom is 0.239 e. The number of amides is 1. The molecule has 21 heavy (non-hydrogen) atoms. The molecule has 3 N–H and O–H groups in total. The molecule has 0 aliphatic carbocycles. The van der Waals surface area contributed by atoms with Crippen molar-refractivity contribution in [2.75, 3.05) is 30.8 Å². The molecule has 0 aromatic carbocycles. The Bertz CT molecular complexity index is 475. The lowest BCUT2D eigenvalue weighted by molar-refractivity contribution is -0.120. The smallest absolute Gasteiger partial charge is 0.239 e. The molecule has 6 heteroatoms. The number of rotatable bonds is 7. The van der Waals surface area contributed by atoms with E-state index in [1.165, 1.54) is 0 Å². The van der Waals surface area contributed by atoms with E-state index in [1.54, 1.807) is 17.0 Å². The first kappa shape index (κ1) is 17.1. The highest BCUT2D eigenvalue weighted by atomic mass is 16.5. The molecule has 0 atom stereocenters. The van der Waals surface area contributed by atoms with Crippen LogP contribution < -0.4 is 20.7 Å². The SMILES string of the molecule is CC(C)COc1nc(N(C)CC(=O)NC(C)C)ccc1N. The molecule has 0 aliphatic heterocycles. The number of pyridine rings is 1. The van der Waals surface area contributed by atoms with E-state index in [2.05, 4.69) is 24.1 Å². The van der Waals surface area contributed by atoms with Crippen molar-refractivity contribution in [1.29, 1.82) is 0 Å². The summed E-state index contributed by atoms with van der Waals surface area (Å²) < 4.78 is 5.60. The summed E-state index contributed by atoms with van der Waals surface area (Å²) in [6, 6.07) is 3.64. The summed E-state index contributed by atoms with van der Waals surface area (Å²) >= 11 is 0. The van der Waals surface area contributed by atoms with Gasteiger partial charge in [0.25, 0.3) is 0 Å². The highest BCUT2D eigenvalue weighted by molar-refractivity contribution is 5.81. The van der Waals surface area contributed by atoms with Crippen molar-refractivity contribution in [3.63, 3.8) is 0 Å². The van der Waals surface area contributed by atoms with Gasteiger partial charge in [-0.05, 0) is 31.9 Å². The van der Waals surface area contributed by atoms with E-state index >= 15 is 0 Å². The van der Waals surface area contributed by atoms with Crippen LogP contribution in [-0.2, 0) is 4.79 Å². The maximum absolute atomic E-state index is 11.8. The fourth-order valence-electron chi connectivity index (χ4n) is 1.68. The molecule has 6 nitrogen and oxygen atoms in total. The van der Waals surface area contributed by atoms with Gasteiger partial charge in [0.2, 0.25) is 11.8 Å². The Hall–Kier alpha value is -1.98. The van der Waals surface area contributed by atoms with Crippen LogP contribution in [0, 0.1) is 5.92 Å². The van der Waals surface area contributed by atoms with E-state index in [9.17, 15) is 4.79 Å². The van der Waals surface area contributed by atoms with E-state index < -0.39 is 0 Å². The number of nitrogens with one attached hydrogen (secondary N) is 1. The van der Waals surface area contributed by atoms with Crippen molar-refractivity contribution in [1.82, 2.24) is 10.3 Å². The number of aromatic nitrogens is 1. The number of nitrogen functional groups attached to an aromatic ring is 1. The summed E-state index contributed by atoms with van der Waals surface area (Å²) in [5, 5.41) is 2.85. The number of hydrogen-bond acceptors (Lipinski definition) is 5. The third kappa shape index (κ3) is 5.89. The topological polar surface area (TPSA) is 80.5 Å². The van der Waals surface area contributed by atoms with Gasteiger partial charge in [-0.25, -0.2) is 0 Å². The van der Waals surface area contributed by atoms with Crippen LogP contribution in [0.5, 0.6) is 5.88 Å². The van der Waals surface area contributed by atoms with E-state index in [1.807, 2.05) is 20.9 Å². The van der Waals surface area contributed by atoms with Crippen LogP contribution in [0.4, 0.5) is 11.5 Å². The minimum absolute atomic E-state index is 0.0456. The van der Waals surface area contributed by atoms with Crippen LogP contribution in [0.15, 0.2) is 12.1 Å². The Kier molecular flexibility index (Phi) is 6.27. The number of anilines is 2. The lowest BCUT2D eigenvalue weighted by Crippen LogP contribution is -2.38. The number of likely N-dealkylation sites (N-methyl/N-ethyl adjacent to an activating group) is 1. The number of nitrogens with two attached hydrogens (primary N) is 1. The van der Waals surface area contributed by atoms with Crippen LogP contribution in [0.2, 0.25) is 0 Å². The van der Waals surface area contributed by atoms with Crippen molar-refractivity contribution in [3.8, 4) is 5.88 Å². The quantitative estimate of drug-likeness (QED) is 0.799. The second-order valence-corrected chi connectivity index (χ2v) is 5.85. The van der Waals surface area contributed by atoms with Crippen LogP contribution in [0.25, 0.3) is 0 Å². The Morgan fingerprint density at radius 3 is 2.62 bits per heavy atom. The molecule has 118 valence electrons. The summed E-state index contributed by atoms with van der Waals surface area (Å²) in [6.45, 7) is 8.76. The van der Waals surface area contributed by atoms with Crippen LogP contribution in [0.3, 0.4) is 0 Å². The molecule has 0 saturated heterocycles. The number of ether oxygens (including phenoxy) is 1. The number of hydrogen-bond donors (Lipinski definition) is 2. The average molecular weight is 294 g/mol. The largest absolute Gasteiger partial charge is 0.476 e. The monoisotopic (exact) mass is 294 g/mol. The zero-order valence-electron chi connectivity index (χ0n) is 13.5. The number of carbonyl (C=O) groups is 1. The molecule has 1 aromatic heterocycles. The highest BCUT2D eigenvalue weighted by Crippen LogP contribution is 2.23. The molecule has 0 aliphatic rings. The minimum atomic E-state index is -0.0456. The molecule has 0 radical (unpaired) electrons. The summed E-state index contributed by atoms with van der Waals surface area (Å²) in [6.07, 6.45) is 0. The molecule has 0 spiro atoms. The number of carbonyl (C=O) groups excluding carboxylic acids is 1. The molecule has 0 bridgehead atoms. The Morgan fingerprint density at radius 1 is 1.38 bits per heavy atom. The van der Waals surface area contributed by atoms with E-state index in [-0.39, 0.29) is 18.5 Å². The second kappa shape index (κ2) is 7.71. The molecular weight excluding hydrogens is 268 g/mol. The van der Waals surface area contributed by atoms with Crippen molar-refractivity contribution in [3.05, 3.63) is 12.1 Å². The van der Waals surface area contributed by atoms with Crippen LogP contribution in [-0.4, -0.2) is 37.1 Å². The molecule has 1 aromatic rings. The minimum Gasteiger partial charge on any atom is -0.476 e. The van der Waals surface area contributed by atoms with Crippen molar-refractivity contribution < 1.29 is 9.53 Å². The lowest BCUT2D eigenvalue weighted by atomic mass is 10.2. The molecule has 0 fully saturated rings. The van der Waals surface area contributed by atoms with Gasteiger partial charge >= 0.3 is 0 Å². The zero-order valence-corrected chi connectivity index (χ0v) is 13.5. The highest BCUT2D eigenvalue weighted by Gasteiger charge is 2.12. The summed E-state index contributed by atoms with van der Waals surface area (Å²) in [4.78, 5) is 17.9. The second-order valence-electron chi connectivity index (χ2n) is 5.85. The van der Waals surface area contributed by atoms with Crippen molar-refractivity contribution >= 4 is 17.4 Å². The average Bonchev–Trinajstić information content (AvgIpc) is 2.36. The summed E-state index contributed by atoms with van der Waals surface area (Å²) in [5.41, 5.74) is 6.36. The van der Waals surface area contributed by atoms with Gasteiger partial charge in [0.1, 0.15) is 5.82 Å². The van der Waals surface area contributed by atoms with E-state index in [4.69, 9.17) is 10.5 Å². The molecule has 1 amide bonds. The van der Waals surface area contributed by atoms with Gasteiger partial charge in [0.15, 0.2) is 0 Å².